The lowest BCUT2D eigenvalue weighted by molar-refractivity contribution is -0.136. The zero-order valence-electron chi connectivity index (χ0n) is 14.6. The molecule has 2 saturated heterocycles. The number of amides is 2. The SMILES string of the molecule is C.C.CC(C)C.CC(C)C1C(=O)OC(=O)N1C.CN1CCSC1=O. The molecule has 2 aliphatic heterocycles. The molecule has 0 saturated carbocycles. The molecule has 2 amide bonds. The molecule has 2 heterocycles. The van der Waals surface area contributed by atoms with Crippen LogP contribution in [0.25, 0.3) is 0 Å². The van der Waals surface area contributed by atoms with Crippen LogP contribution in [-0.2, 0) is 9.53 Å². The standard InChI is InChI=1S/C7H11NO3.C4H7NOS.C4H10.2CH4/c1-4(2)5-6(9)11-7(10)8(5)3;1-5-2-3-7-4(5)6;1-4(2)3;;/h4-5H,1-3H3;2-3H2,1H3;4H,1-3H3;2*1H4. The second-order valence-corrected chi connectivity index (χ2v) is 7.30. The van der Waals surface area contributed by atoms with Gasteiger partial charge < -0.3 is 9.64 Å². The number of nitrogens with zero attached hydrogens (tertiary/aromatic N) is 2. The highest BCUT2D eigenvalue weighted by Crippen LogP contribution is 2.18. The van der Waals surface area contributed by atoms with Crippen molar-refractivity contribution in [2.24, 2.45) is 11.8 Å². The topological polar surface area (TPSA) is 66.9 Å². The van der Waals surface area contributed by atoms with E-state index in [4.69, 9.17) is 0 Å². The van der Waals surface area contributed by atoms with E-state index in [0.29, 0.717) is 0 Å². The van der Waals surface area contributed by atoms with Gasteiger partial charge in [-0.2, -0.15) is 0 Å². The molecule has 0 aromatic carbocycles. The number of ether oxygens (including phenoxy) is 1. The van der Waals surface area contributed by atoms with Gasteiger partial charge in [-0.25, -0.2) is 9.59 Å². The summed E-state index contributed by atoms with van der Waals surface area (Å²) in [4.78, 5) is 35.3. The molecule has 0 bridgehead atoms. The van der Waals surface area contributed by atoms with Gasteiger partial charge in [-0.3, -0.25) is 9.69 Å². The van der Waals surface area contributed by atoms with Crippen molar-refractivity contribution in [2.75, 3.05) is 26.4 Å². The molecule has 2 aliphatic rings. The lowest BCUT2D eigenvalue weighted by atomic mass is 10.1. The molecule has 1 unspecified atom stereocenters. The van der Waals surface area contributed by atoms with Crippen LogP contribution in [0.2, 0.25) is 0 Å². The number of carbonyl (C=O) groups excluding carboxylic acids is 3. The summed E-state index contributed by atoms with van der Waals surface area (Å²) < 4.78 is 4.40. The van der Waals surface area contributed by atoms with Crippen LogP contribution in [0.15, 0.2) is 0 Å². The average molecular weight is 365 g/mol. The van der Waals surface area contributed by atoms with Crippen molar-refractivity contribution in [3.63, 3.8) is 0 Å². The van der Waals surface area contributed by atoms with E-state index in [-0.39, 0.29) is 26.0 Å². The third kappa shape index (κ3) is 9.80. The molecular weight excluding hydrogens is 328 g/mol. The van der Waals surface area contributed by atoms with Gasteiger partial charge in [0.05, 0.1) is 0 Å². The molecule has 2 fully saturated rings. The fourth-order valence-corrected chi connectivity index (χ4v) is 2.53. The minimum absolute atomic E-state index is 0. The van der Waals surface area contributed by atoms with Gasteiger partial charge in [-0.1, -0.05) is 61.2 Å². The molecule has 2 rings (SSSR count). The second kappa shape index (κ2) is 13.1. The van der Waals surface area contributed by atoms with Crippen LogP contribution < -0.4 is 0 Å². The molecule has 0 aliphatic carbocycles. The molecule has 0 spiro atoms. The monoisotopic (exact) mass is 364 g/mol. The van der Waals surface area contributed by atoms with Gasteiger partial charge in [-0.15, -0.1) is 0 Å². The van der Waals surface area contributed by atoms with Gasteiger partial charge in [0.25, 0.3) is 5.24 Å². The maximum atomic E-state index is 11.0. The molecule has 0 aromatic rings. The number of thioether (sulfide) groups is 1. The minimum atomic E-state index is -0.548. The first kappa shape index (κ1) is 27.6. The van der Waals surface area contributed by atoms with E-state index in [1.54, 1.807) is 11.9 Å². The van der Waals surface area contributed by atoms with Crippen LogP contribution in [0, 0.1) is 11.8 Å². The van der Waals surface area contributed by atoms with Crippen molar-refractivity contribution in [1.82, 2.24) is 9.80 Å². The number of rotatable bonds is 1. The summed E-state index contributed by atoms with van der Waals surface area (Å²) in [5.74, 6) is 1.47. The Morgan fingerprint density at radius 1 is 1.04 bits per heavy atom. The molecular formula is C17H36N2O4S. The highest BCUT2D eigenvalue weighted by molar-refractivity contribution is 8.13. The third-order valence-electron chi connectivity index (χ3n) is 2.73. The van der Waals surface area contributed by atoms with Crippen LogP contribution >= 0.6 is 11.8 Å². The molecule has 144 valence electrons. The Kier molecular flexibility index (Phi) is 15.1. The fraction of sp³-hybridized carbons (Fsp3) is 0.824. The van der Waals surface area contributed by atoms with Gasteiger partial charge in [0.15, 0.2) is 0 Å². The Hall–Kier alpha value is -1.24. The number of likely N-dealkylation sites (N-methyl/N-ethyl adjacent to an activating group) is 1. The van der Waals surface area contributed by atoms with Gasteiger partial charge in [0.1, 0.15) is 6.04 Å². The van der Waals surface area contributed by atoms with Crippen LogP contribution in [0.3, 0.4) is 0 Å². The van der Waals surface area contributed by atoms with Crippen LogP contribution in [-0.4, -0.2) is 59.5 Å². The Bertz CT molecular complexity index is 397. The molecule has 0 aromatic heterocycles. The van der Waals surface area contributed by atoms with E-state index in [2.05, 4.69) is 25.5 Å². The van der Waals surface area contributed by atoms with Crippen molar-refractivity contribution in [3.05, 3.63) is 0 Å². The first-order valence-corrected chi connectivity index (χ1v) is 8.42. The van der Waals surface area contributed by atoms with Crippen LogP contribution in [0.4, 0.5) is 9.59 Å². The first-order valence-electron chi connectivity index (χ1n) is 7.44. The maximum absolute atomic E-state index is 11.0. The number of hydrogen-bond acceptors (Lipinski definition) is 5. The predicted molar refractivity (Wildman–Crippen MR) is 102 cm³/mol. The summed E-state index contributed by atoms with van der Waals surface area (Å²) in [6.07, 6.45) is -0.548. The molecule has 6 nitrogen and oxygen atoms in total. The van der Waals surface area contributed by atoms with Crippen molar-refractivity contribution in [2.45, 2.75) is 55.5 Å². The van der Waals surface area contributed by atoms with Gasteiger partial charge >= 0.3 is 12.1 Å². The van der Waals surface area contributed by atoms with Crippen molar-refractivity contribution in [1.29, 1.82) is 0 Å². The molecule has 0 N–H and O–H groups in total. The van der Waals surface area contributed by atoms with Gasteiger partial charge in [-0.05, 0) is 11.8 Å². The predicted octanol–water partition coefficient (Wildman–Crippen LogP) is 4.34. The van der Waals surface area contributed by atoms with Crippen molar-refractivity contribution in [3.8, 4) is 0 Å². The zero-order valence-corrected chi connectivity index (χ0v) is 15.4. The Balaban J connectivity index is -0.000000296. The zero-order chi connectivity index (χ0) is 17.4. The lowest BCUT2D eigenvalue weighted by Gasteiger charge is -2.16. The summed E-state index contributed by atoms with van der Waals surface area (Å²) >= 11 is 1.39. The van der Waals surface area contributed by atoms with E-state index in [9.17, 15) is 14.4 Å². The quantitative estimate of drug-likeness (QED) is 0.511. The lowest BCUT2D eigenvalue weighted by Crippen LogP contribution is -2.35. The van der Waals surface area contributed by atoms with Crippen molar-refractivity contribution >= 4 is 29.1 Å². The molecule has 0 radical (unpaired) electrons. The van der Waals surface area contributed by atoms with Gasteiger partial charge in [0.2, 0.25) is 0 Å². The normalized spacial score (nSPS) is 19.0. The van der Waals surface area contributed by atoms with Crippen LogP contribution in [0.5, 0.6) is 0 Å². The highest BCUT2D eigenvalue weighted by atomic mass is 32.2. The molecule has 7 heteroatoms. The number of esters is 1. The summed E-state index contributed by atoms with van der Waals surface area (Å²) in [6, 6.07) is -0.400. The van der Waals surface area contributed by atoms with Crippen molar-refractivity contribution < 1.29 is 19.1 Å². The van der Waals surface area contributed by atoms with E-state index in [0.717, 1.165) is 18.2 Å². The number of cyclic esters (lactones) is 2. The minimum Gasteiger partial charge on any atom is -0.375 e. The largest absolute Gasteiger partial charge is 0.418 e. The average Bonchev–Trinajstić information content (AvgIpc) is 2.84. The van der Waals surface area contributed by atoms with Crippen LogP contribution in [0.1, 0.15) is 49.5 Å². The Labute approximate surface area is 152 Å². The fourth-order valence-electron chi connectivity index (χ4n) is 1.68. The van der Waals surface area contributed by atoms with E-state index < -0.39 is 18.1 Å². The summed E-state index contributed by atoms with van der Waals surface area (Å²) in [5.41, 5.74) is 0. The summed E-state index contributed by atoms with van der Waals surface area (Å²) in [5, 5.41) is 0.208. The second-order valence-electron chi connectivity index (χ2n) is 6.25. The van der Waals surface area contributed by atoms with E-state index >= 15 is 0 Å². The Morgan fingerprint density at radius 2 is 1.50 bits per heavy atom. The maximum Gasteiger partial charge on any atom is 0.418 e. The van der Waals surface area contributed by atoms with Gasteiger partial charge in [0, 0.05) is 26.4 Å². The first-order chi connectivity index (χ1) is 10.1. The Morgan fingerprint density at radius 3 is 1.62 bits per heavy atom. The smallest absolute Gasteiger partial charge is 0.375 e. The number of hydrogen-bond donors (Lipinski definition) is 0. The van der Waals surface area contributed by atoms with E-state index in [1.807, 2.05) is 20.9 Å². The summed E-state index contributed by atoms with van der Waals surface area (Å²) in [6.45, 7) is 11.2. The van der Waals surface area contributed by atoms with E-state index in [1.165, 1.54) is 16.7 Å². The molecule has 24 heavy (non-hydrogen) atoms. The summed E-state index contributed by atoms with van der Waals surface area (Å²) in [7, 11) is 3.39. The molecule has 1 atom stereocenters. The number of carbonyl (C=O) groups is 3. The third-order valence-corrected chi connectivity index (χ3v) is 3.68. The highest BCUT2D eigenvalue weighted by Gasteiger charge is 2.40.